The largest absolute Gasteiger partial charge is 0.451 e. The van der Waals surface area contributed by atoms with Crippen LogP contribution in [0.2, 0.25) is 0 Å². The van der Waals surface area contributed by atoms with Gasteiger partial charge in [0.05, 0.1) is 11.4 Å². The van der Waals surface area contributed by atoms with Crippen molar-refractivity contribution in [2.24, 2.45) is 0 Å². The SMILES string of the molecule is O=S(=O)(CCCc1cocn1)Nc1ccccc1. The maximum Gasteiger partial charge on any atom is 0.232 e. The van der Waals surface area contributed by atoms with Crippen molar-refractivity contribution in [1.29, 1.82) is 0 Å². The number of oxazole rings is 1. The minimum Gasteiger partial charge on any atom is -0.451 e. The van der Waals surface area contributed by atoms with Crippen molar-refractivity contribution in [3.63, 3.8) is 0 Å². The van der Waals surface area contributed by atoms with E-state index in [0.717, 1.165) is 5.69 Å². The Morgan fingerprint density at radius 1 is 1.22 bits per heavy atom. The van der Waals surface area contributed by atoms with Crippen LogP contribution in [0, 0.1) is 0 Å². The van der Waals surface area contributed by atoms with Crippen LogP contribution >= 0.6 is 0 Å². The second-order valence-electron chi connectivity index (χ2n) is 3.87. The summed E-state index contributed by atoms with van der Waals surface area (Å²) in [7, 11) is -3.30. The maximum absolute atomic E-state index is 11.8. The highest BCUT2D eigenvalue weighted by Gasteiger charge is 2.10. The highest BCUT2D eigenvalue weighted by Crippen LogP contribution is 2.09. The van der Waals surface area contributed by atoms with Gasteiger partial charge in [-0.3, -0.25) is 4.72 Å². The molecule has 0 aliphatic carbocycles. The molecule has 0 saturated carbocycles. The molecule has 1 N–H and O–H groups in total. The quantitative estimate of drug-likeness (QED) is 0.868. The molecule has 0 amide bonds. The molecular formula is C12H14N2O3S. The number of aromatic nitrogens is 1. The van der Waals surface area contributed by atoms with E-state index in [1.54, 1.807) is 24.3 Å². The number of hydrogen-bond acceptors (Lipinski definition) is 4. The summed E-state index contributed by atoms with van der Waals surface area (Å²) in [6.45, 7) is 0. The van der Waals surface area contributed by atoms with Crippen LogP contribution in [-0.4, -0.2) is 19.2 Å². The van der Waals surface area contributed by atoms with Gasteiger partial charge < -0.3 is 4.42 Å². The van der Waals surface area contributed by atoms with Crippen LogP contribution in [0.4, 0.5) is 5.69 Å². The smallest absolute Gasteiger partial charge is 0.232 e. The van der Waals surface area contributed by atoms with Gasteiger partial charge >= 0.3 is 0 Å². The molecule has 96 valence electrons. The molecule has 0 unspecified atom stereocenters. The summed E-state index contributed by atoms with van der Waals surface area (Å²) >= 11 is 0. The topological polar surface area (TPSA) is 72.2 Å². The predicted molar refractivity (Wildman–Crippen MR) is 68.7 cm³/mol. The molecule has 1 aromatic carbocycles. The van der Waals surface area contributed by atoms with Crippen molar-refractivity contribution in [3.8, 4) is 0 Å². The van der Waals surface area contributed by atoms with Gasteiger partial charge in [0.1, 0.15) is 6.26 Å². The molecule has 0 fully saturated rings. The third-order valence-corrected chi connectivity index (χ3v) is 3.75. The van der Waals surface area contributed by atoms with Gasteiger partial charge in [-0.05, 0) is 25.0 Å². The number of hydrogen-bond donors (Lipinski definition) is 1. The summed E-state index contributed by atoms with van der Waals surface area (Å²) < 4.78 is 30.9. The summed E-state index contributed by atoms with van der Waals surface area (Å²) in [5, 5.41) is 0. The minimum absolute atomic E-state index is 0.0642. The van der Waals surface area contributed by atoms with Gasteiger partial charge in [0, 0.05) is 5.69 Å². The molecule has 0 saturated heterocycles. The fourth-order valence-electron chi connectivity index (χ4n) is 1.54. The van der Waals surface area contributed by atoms with Gasteiger partial charge in [-0.25, -0.2) is 13.4 Å². The van der Waals surface area contributed by atoms with Gasteiger partial charge in [0.15, 0.2) is 6.39 Å². The molecule has 2 rings (SSSR count). The Morgan fingerprint density at radius 2 is 2.00 bits per heavy atom. The Hall–Kier alpha value is -1.82. The number of nitrogens with zero attached hydrogens (tertiary/aromatic N) is 1. The van der Waals surface area contributed by atoms with Crippen molar-refractivity contribution in [3.05, 3.63) is 48.7 Å². The monoisotopic (exact) mass is 266 g/mol. The van der Waals surface area contributed by atoms with E-state index in [1.807, 2.05) is 6.07 Å². The van der Waals surface area contributed by atoms with E-state index >= 15 is 0 Å². The van der Waals surface area contributed by atoms with E-state index in [1.165, 1.54) is 12.7 Å². The average Bonchev–Trinajstić information content (AvgIpc) is 2.82. The number of anilines is 1. The molecular weight excluding hydrogens is 252 g/mol. The fraction of sp³-hybridized carbons (Fsp3) is 0.250. The summed E-state index contributed by atoms with van der Waals surface area (Å²) in [4.78, 5) is 3.94. The van der Waals surface area contributed by atoms with Crippen LogP contribution in [-0.2, 0) is 16.4 Å². The van der Waals surface area contributed by atoms with Crippen LogP contribution in [0.25, 0.3) is 0 Å². The van der Waals surface area contributed by atoms with Gasteiger partial charge in [0.25, 0.3) is 0 Å². The van der Waals surface area contributed by atoms with Crippen LogP contribution in [0.1, 0.15) is 12.1 Å². The molecule has 0 aliphatic rings. The Bertz CT molecular complexity index is 565. The number of benzene rings is 1. The van der Waals surface area contributed by atoms with Gasteiger partial charge in [-0.15, -0.1) is 0 Å². The molecule has 5 nitrogen and oxygen atoms in total. The van der Waals surface area contributed by atoms with Gasteiger partial charge in [0.2, 0.25) is 10.0 Å². The van der Waals surface area contributed by atoms with Crippen molar-refractivity contribution in [1.82, 2.24) is 4.98 Å². The van der Waals surface area contributed by atoms with Gasteiger partial charge in [-0.1, -0.05) is 18.2 Å². The summed E-state index contributed by atoms with van der Waals surface area (Å²) in [6, 6.07) is 8.84. The Morgan fingerprint density at radius 3 is 2.67 bits per heavy atom. The minimum atomic E-state index is -3.30. The normalized spacial score (nSPS) is 11.3. The average molecular weight is 266 g/mol. The molecule has 0 radical (unpaired) electrons. The summed E-state index contributed by atoms with van der Waals surface area (Å²) in [6.07, 6.45) is 3.96. The van der Waals surface area contributed by atoms with E-state index in [2.05, 4.69) is 9.71 Å². The molecule has 0 spiro atoms. The van der Waals surface area contributed by atoms with Crippen LogP contribution < -0.4 is 4.72 Å². The third-order valence-electron chi connectivity index (χ3n) is 2.38. The number of sulfonamides is 1. The second kappa shape index (κ2) is 5.68. The molecule has 0 bridgehead atoms. The standard InChI is InChI=1S/C12H14N2O3S/c15-18(16,14-11-5-2-1-3-6-11)8-4-7-12-9-17-10-13-12/h1-3,5-6,9-10,14H,4,7-8H2. The Kier molecular flexibility index (Phi) is 3.99. The van der Waals surface area contributed by atoms with Crippen molar-refractivity contribution >= 4 is 15.7 Å². The summed E-state index contributed by atoms with van der Waals surface area (Å²) in [5.41, 5.74) is 1.35. The van der Waals surface area contributed by atoms with Crippen LogP contribution in [0.3, 0.4) is 0 Å². The molecule has 2 aromatic rings. The maximum atomic E-state index is 11.8. The lowest BCUT2D eigenvalue weighted by Gasteiger charge is -2.06. The first-order valence-corrected chi connectivity index (χ1v) is 7.23. The number of para-hydroxylation sites is 1. The lowest BCUT2D eigenvalue weighted by atomic mass is 10.3. The second-order valence-corrected chi connectivity index (χ2v) is 5.71. The van der Waals surface area contributed by atoms with E-state index in [9.17, 15) is 8.42 Å². The van der Waals surface area contributed by atoms with Crippen molar-refractivity contribution in [2.45, 2.75) is 12.8 Å². The fourth-order valence-corrected chi connectivity index (χ4v) is 2.66. The number of rotatable bonds is 6. The lowest BCUT2D eigenvalue weighted by Crippen LogP contribution is -2.17. The van der Waals surface area contributed by atoms with Crippen molar-refractivity contribution in [2.75, 3.05) is 10.5 Å². The number of aryl methyl sites for hydroxylation is 1. The zero-order valence-electron chi connectivity index (χ0n) is 9.74. The first-order valence-electron chi connectivity index (χ1n) is 5.58. The lowest BCUT2D eigenvalue weighted by molar-refractivity contribution is 0.556. The van der Waals surface area contributed by atoms with Crippen molar-refractivity contribution < 1.29 is 12.8 Å². The Labute approximate surface area is 106 Å². The first kappa shape index (κ1) is 12.6. The van der Waals surface area contributed by atoms with E-state index in [-0.39, 0.29) is 5.75 Å². The molecule has 1 aromatic heterocycles. The molecule has 0 atom stereocenters. The highest BCUT2D eigenvalue weighted by atomic mass is 32.2. The third kappa shape index (κ3) is 3.89. The molecule has 1 heterocycles. The Balaban J connectivity index is 1.84. The zero-order chi connectivity index (χ0) is 12.8. The molecule has 18 heavy (non-hydrogen) atoms. The molecule has 6 heteroatoms. The van der Waals surface area contributed by atoms with Crippen LogP contribution in [0.5, 0.6) is 0 Å². The summed E-state index contributed by atoms with van der Waals surface area (Å²) in [5.74, 6) is 0.0642. The van der Waals surface area contributed by atoms with Gasteiger partial charge in [-0.2, -0.15) is 0 Å². The van der Waals surface area contributed by atoms with E-state index < -0.39 is 10.0 Å². The first-order chi connectivity index (χ1) is 8.66. The molecule has 0 aliphatic heterocycles. The zero-order valence-corrected chi connectivity index (χ0v) is 10.6. The predicted octanol–water partition coefficient (Wildman–Crippen LogP) is 2.05. The highest BCUT2D eigenvalue weighted by molar-refractivity contribution is 7.92. The van der Waals surface area contributed by atoms with E-state index in [0.29, 0.717) is 18.5 Å². The van der Waals surface area contributed by atoms with Crippen LogP contribution in [0.15, 0.2) is 47.4 Å². The van der Waals surface area contributed by atoms with E-state index in [4.69, 9.17) is 4.42 Å². The number of nitrogens with one attached hydrogen (secondary N) is 1.